The number of hydrogen-bond donors (Lipinski definition) is 7. The summed E-state index contributed by atoms with van der Waals surface area (Å²) < 4.78 is 4.79. The Morgan fingerprint density at radius 2 is 1.94 bits per heavy atom. The average Bonchev–Trinajstić information content (AvgIpc) is 2.23. The first-order valence-electron chi connectivity index (χ1n) is 4.75. The fraction of sp³-hybridized carbons (Fsp3) is 0.875. The van der Waals surface area contributed by atoms with Crippen molar-refractivity contribution in [3.63, 3.8) is 0 Å². The van der Waals surface area contributed by atoms with Crippen LogP contribution in [0.1, 0.15) is 6.92 Å². The van der Waals surface area contributed by atoms with Crippen LogP contribution in [0.5, 0.6) is 0 Å². The first-order chi connectivity index (χ1) is 7.66. The van der Waals surface area contributed by atoms with Crippen LogP contribution in [-0.4, -0.2) is 67.2 Å². The van der Waals surface area contributed by atoms with E-state index >= 15 is 0 Å². The molecule has 1 heterocycles. The molecule has 0 aromatic carbocycles. The molecule has 0 aromatic heterocycles. The van der Waals surface area contributed by atoms with Gasteiger partial charge in [-0.15, -0.1) is 12.6 Å². The van der Waals surface area contributed by atoms with Gasteiger partial charge in [-0.05, 0) is 0 Å². The van der Waals surface area contributed by atoms with E-state index in [0.29, 0.717) is 0 Å². The number of rotatable bonds is 2. The number of thiol groups is 1. The van der Waals surface area contributed by atoms with Crippen LogP contribution in [0, 0.1) is 0 Å². The van der Waals surface area contributed by atoms with Gasteiger partial charge in [0.1, 0.15) is 12.2 Å². The van der Waals surface area contributed by atoms with Crippen LogP contribution >= 0.6 is 12.6 Å². The van der Waals surface area contributed by atoms with Gasteiger partial charge in [0.15, 0.2) is 11.0 Å². The van der Waals surface area contributed by atoms with Gasteiger partial charge >= 0.3 is 0 Å². The van der Waals surface area contributed by atoms with Gasteiger partial charge in [0.25, 0.3) is 5.91 Å². The SMILES string of the molecule is CC(=O)NC1(O)O[C@@](S)(CO)[C@@H](O)[C@@H](O)[C@H]1O. The summed E-state index contributed by atoms with van der Waals surface area (Å²) in [6.07, 6.45) is -5.60. The maximum Gasteiger partial charge on any atom is 0.280 e. The quantitative estimate of drug-likeness (QED) is 0.204. The highest BCUT2D eigenvalue weighted by molar-refractivity contribution is 7.81. The molecule has 6 N–H and O–H groups in total. The van der Waals surface area contributed by atoms with Gasteiger partial charge < -0.3 is 35.6 Å². The molecule has 1 fully saturated rings. The maximum atomic E-state index is 10.9. The summed E-state index contributed by atoms with van der Waals surface area (Å²) >= 11 is 3.78. The van der Waals surface area contributed by atoms with Crippen LogP contribution in [-0.2, 0) is 9.53 Å². The first kappa shape index (κ1) is 14.6. The van der Waals surface area contributed by atoms with Gasteiger partial charge in [-0.2, -0.15) is 0 Å². The molecule has 1 aliphatic heterocycles. The number of hydrogen-bond acceptors (Lipinski definition) is 8. The van der Waals surface area contributed by atoms with E-state index in [9.17, 15) is 25.2 Å². The van der Waals surface area contributed by atoms with Crippen molar-refractivity contribution in [2.24, 2.45) is 0 Å². The average molecular weight is 269 g/mol. The Morgan fingerprint density at radius 1 is 1.41 bits per heavy atom. The van der Waals surface area contributed by atoms with Gasteiger partial charge in [-0.3, -0.25) is 4.79 Å². The minimum absolute atomic E-state index is 0.747. The zero-order valence-electron chi connectivity index (χ0n) is 8.94. The van der Waals surface area contributed by atoms with Crippen molar-refractivity contribution in [2.45, 2.75) is 36.1 Å². The summed E-state index contributed by atoms with van der Waals surface area (Å²) in [4.78, 5) is 8.84. The number of aliphatic hydroxyl groups excluding tert-OH is 4. The number of carbonyl (C=O) groups excluding carboxylic acids is 1. The number of amides is 1. The number of carbonyl (C=O) groups is 1. The Bertz CT molecular complexity index is 316. The van der Waals surface area contributed by atoms with Crippen LogP contribution in [0.3, 0.4) is 0 Å². The van der Waals surface area contributed by atoms with Gasteiger partial charge in [0.05, 0.1) is 6.61 Å². The third kappa shape index (κ3) is 2.55. The van der Waals surface area contributed by atoms with Gasteiger partial charge in [0, 0.05) is 6.92 Å². The van der Waals surface area contributed by atoms with Crippen LogP contribution < -0.4 is 5.32 Å². The second-order valence-electron chi connectivity index (χ2n) is 3.86. The van der Waals surface area contributed by atoms with Crippen molar-refractivity contribution in [1.29, 1.82) is 0 Å². The molecule has 100 valence electrons. The number of nitrogens with one attached hydrogen (secondary N) is 1. The molecule has 1 saturated heterocycles. The first-order valence-corrected chi connectivity index (χ1v) is 5.20. The standard InChI is InChI=1S/C8H15NO7S/c1-3(11)9-8(15)6(14)4(12)5(13)7(17,2-10)16-8/h4-6,10,12-15,17H,2H2,1H3,(H,9,11)/t4-,5+,6-,7-,8?/m1/s1. The minimum Gasteiger partial charge on any atom is -0.392 e. The lowest BCUT2D eigenvalue weighted by Gasteiger charge is -2.49. The predicted molar refractivity (Wildman–Crippen MR) is 56.7 cm³/mol. The van der Waals surface area contributed by atoms with Crippen molar-refractivity contribution < 1.29 is 35.1 Å². The Hall–Kier alpha value is -0.420. The lowest BCUT2D eigenvalue weighted by Crippen LogP contribution is -2.74. The topological polar surface area (TPSA) is 139 Å². The molecule has 0 bridgehead atoms. The zero-order valence-corrected chi connectivity index (χ0v) is 9.83. The van der Waals surface area contributed by atoms with E-state index in [1.807, 2.05) is 5.32 Å². The largest absolute Gasteiger partial charge is 0.392 e. The minimum atomic E-state index is -2.64. The molecule has 1 rings (SSSR count). The molecule has 17 heavy (non-hydrogen) atoms. The Morgan fingerprint density at radius 3 is 2.35 bits per heavy atom. The second kappa shape index (κ2) is 4.69. The lowest BCUT2D eigenvalue weighted by molar-refractivity contribution is -0.367. The van der Waals surface area contributed by atoms with Gasteiger partial charge in [-0.25, -0.2) is 0 Å². The normalized spacial score (nSPS) is 46.6. The summed E-state index contributed by atoms with van der Waals surface area (Å²) in [5, 5.41) is 49.3. The molecule has 1 amide bonds. The van der Waals surface area contributed by atoms with E-state index in [1.165, 1.54) is 0 Å². The van der Waals surface area contributed by atoms with Crippen molar-refractivity contribution in [2.75, 3.05) is 6.61 Å². The molecule has 9 heteroatoms. The molecule has 1 aliphatic rings. The fourth-order valence-electron chi connectivity index (χ4n) is 1.54. The lowest BCUT2D eigenvalue weighted by atomic mass is 9.96. The van der Waals surface area contributed by atoms with Crippen LogP contribution in [0.4, 0.5) is 0 Å². The van der Waals surface area contributed by atoms with Gasteiger partial charge in [0.2, 0.25) is 5.91 Å². The highest BCUT2D eigenvalue weighted by atomic mass is 32.1. The molecule has 0 aromatic rings. The molecule has 0 spiro atoms. The van der Waals surface area contributed by atoms with E-state index < -0.39 is 41.7 Å². The van der Waals surface area contributed by atoms with E-state index in [1.54, 1.807) is 0 Å². The van der Waals surface area contributed by atoms with E-state index in [0.717, 1.165) is 6.92 Å². The van der Waals surface area contributed by atoms with Crippen LogP contribution in [0.15, 0.2) is 0 Å². The van der Waals surface area contributed by atoms with E-state index in [4.69, 9.17) is 9.84 Å². The number of aliphatic hydroxyl groups is 5. The van der Waals surface area contributed by atoms with Crippen molar-refractivity contribution >= 4 is 18.5 Å². The van der Waals surface area contributed by atoms with Crippen molar-refractivity contribution in [3.8, 4) is 0 Å². The molecular weight excluding hydrogens is 254 g/mol. The highest BCUT2D eigenvalue weighted by Crippen LogP contribution is 2.36. The Balaban J connectivity index is 3.04. The summed E-state index contributed by atoms with van der Waals surface area (Å²) in [7, 11) is 0. The van der Waals surface area contributed by atoms with Crippen molar-refractivity contribution in [3.05, 3.63) is 0 Å². The van der Waals surface area contributed by atoms with E-state index in [2.05, 4.69) is 12.6 Å². The summed E-state index contributed by atoms with van der Waals surface area (Å²) in [6.45, 7) is 0.188. The third-order valence-electron chi connectivity index (χ3n) is 2.42. The zero-order chi connectivity index (χ0) is 13.4. The van der Waals surface area contributed by atoms with E-state index in [-0.39, 0.29) is 0 Å². The van der Waals surface area contributed by atoms with Crippen molar-refractivity contribution in [1.82, 2.24) is 5.32 Å². The summed E-state index contributed by atoms with van der Waals surface area (Å²) in [6, 6.07) is 0. The molecule has 0 aliphatic carbocycles. The molecule has 8 nitrogen and oxygen atoms in total. The molecular formula is C8H15NO7S. The molecule has 5 atom stereocenters. The molecule has 0 radical (unpaired) electrons. The maximum absolute atomic E-state index is 10.9. The monoisotopic (exact) mass is 269 g/mol. The van der Waals surface area contributed by atoms with Crippen LogP contribution in [0.2, 0.25) is 0 Å². The number of ether oxygens (including phenoxy) is 1. The smallest absolute Gasteiger partial charge is 0.280 e. The predicted octanol–water partition coefficient (Wildman–Crippen LogP) is -3.50. The third-order valence-corrected chi connectivity index (χ3v) is 2.92. The molecule has 0 saturated carbocycles. The van der Waals surface area contributed by atoms with Crippen LogP contribution in [0.25, 0.3) is 0 Å². The fourth-order valence-corrected chi connectivity index (χ4v) is 1.83. The highest BCUT2D eigenvalue weighted by Gasteiger charge is 2.59. The van der Waals surface area contributed by atoms with Gasteiger partial charge in [-0.1, -0.05) is 0 Å². The Labute approximate surface area is 102 Å². The summed E-state index contributed by atoms with van der Waals surface area (Å²) in [5.74, 6) is -3.39. The Kier molecular flexibility index (Phi) is 4.04. The second-order valence-corrected chi connectivity index (χ2v) is 4.62. The molecule has 1 unspecified atom stereocenters. The summed E-state index contributed by atoms with van der Waals surface area (Å²) in [5.41, 5.74) is 0.